The Balaban J connectivity index is 2.13. The Labute approximate surface area is 116 Å². The molecule has 0 fully saturated rings. The zero-order valence-corrected chi connectivity index (χ0v) is 11.6. The van der Waals surface area contributed by atoms with Gasteiger partial charge in [0.1, 0.15) is 6.07 Å². The van der Waals surface area contributed by atoms with Gasteiger partial charge in [0.2, 0.25) is 0 Å². The molecule has 0 aliphatic heterocycles. The monoisotopic (exact) mass is 273 g/mol. The van der Waals surface area contributed by atoms with Crippen molar-refractivity contribution in [3.05, 3.63) is 64.2 Å². The van der Waals surface area contributed by atoms with E-state index < -0.39 is 0 Å². The molecule has 2 aromatic carbocycles. The molecule has 0 unspecified atom stereocenters. The highest BCUT2D eigenvalue weighted by molar-refractivity contribution is 7.98. The molecule has 0 saturated carbocycles. The van der Waals surface area contributed by atoms with Crippen molar-refractivity contribution >= 4 is 23.4 Å². The average Bonchev–Trinajstić information content (AvgIpc) is 2.38. The predicted octanol–water partition coefficient (Wildman–Crippen LogP) is 4.81. The molecular formula is C15H12ClNS. The Morgan fingerprint density at radius 3 is 2.56 bits per heavy atom. The van der Waals surface area contributed by atoms with Crippen LogP contribution in [-0.4, -0.2) is 0 Å². The van der Waals surface area contributed by atoms with E-state index in [1.54, 1.807) is 11.8 Å². The summed E-state index contributed by atoms with van der Waals surface area (Å²) in [6.45, 7) is 2.04. The van der Waals surface area contributed by atoms with Gasteiger partial charge in [0.15, 0.2) is 0 Å². The SMILES string of the molecule is Cc1ccc(C#N)c(SCc2ccc(Cl)cc2)c1. The summed E-state index contributed by atoms with van der Waals surface area (Å²) in [5.41, 5.74) is 3.11. The topological polar surface area (TPSA) is 23.8 Å². The molecule has 2 aromatic rings. The van der Waals surface area contributed by atoms with Crippen molar-refractivity contribution < 1.29 is 0 Å². The van der Waals surface area contributed by atoms with Crippen LogP contribution in [0.4, 0.5) is 0 Å². The van der Waals surface area contributed by atoms with Gasteiger partial charge in [0.25, 0.3) is 0 Å². The largest absolute Gasteiger partial charge is 0.192 e. The Hall–Kier alpha value is -1.43. The summed E-state index contributed by atoms with van der Waals surface area (Å²) in [5, 5.41) is 9.81. The minimum absolute atomic E-state index is 0.736. The Morgan fingerprint density at radius 1 is 1.17 bits per heavy atom. The minimum atomic E-state index is 0.736. The summed E-state index contributed by atoms with van der Waals surface area (Å²) in [6.07, 6.45) is 0. The normalized spacial score (nSPS) is 10.1. The molecule has 0 aliphatic rings. The number of aryl methyl sites for hydroxylation is 1. The molecule has 0 atom stereocenters. The van der Waals surface area contributed by atoms with E-state index in [9.17, 15) is 0 Å². The average molecular weight is 274 g/mol. The van der Waals surface area contributed by atoms with Crippen molar-refractivity contribution in [2.24, 2.45) is 0 Å². The minimum Gasteiger partial charge on any atom is -0.192 e. The van der Waals surface area contributed by atoms with Crippen LogP contribution in [0.3, 0.4) is 0 Å². The van der Waals surface area contributed by atoms with Crippen molar-refractivity contribution in [1.29, 1.82) is 5.26 Å². The van der Waals surface area contributed by atoms with Crippen molar-refractivity contribution in [3.8, 4) is 6.07 Å². The Morgan fingerprint density at radius 2 is 1.89 bits per heavy atom. The molecule has 0 spiro atoms. The molecule has 0 saturated heterocycles. The zero-order chi connectivity index (χ0) is 13.0. The quantitative estimate of drug-likeness (QED) is 0.749. The van der Waals surface area contributed by atoms with Gasteiger partial charge in [-0.3, -0.25) is 0 Å². The number of halogens is 1. The van der Waals surface area contributed by atoms with Crippen LogP contribution in [0.15, 0.2) is 47.4 Å². The van der Waals surface area contributed by atoms with E-state index in [0.717, 1.165) is 21.2 Å². The maximum atomic E-state index is 9.06. The fourth-order valence-corrected chi connectivity index (χ4v) is 2.76. The van der Waals surface area contributed by atoms with Gasteiger partial charge >= 0.3 is 0 Å². The van der Waals surface area contributed by atoms with Gasteiger partial charge < -0.3 is 0 Å². The van der Waals surface area contributed by atoms with E-state index in [1.165, 1.54) is 11.1 Å². The summed E-state index contributed by atoms with van der Waals surface area (Å²) in [7, 11) is 0. The van der Waals surface area contributed by atoms with Gasteiger partial charge in [-0.1, -0.05) is 29.8 Å². The molecule has 1 nitrogen and oxygen atoms in total. The summed E-state index contributed by atoms with van der Waals surface area (Å²) in [4.78, 5) is 1.03. The van der Waals surface area contributed by atoms with Gasteiger partial charge in [-0.25, -0.2) is 0 Å². The van der Waals surface area contributed by atoms with Crippen LogP contribution >= 0.6 is 23.4 Å². The lowest BCUT2D eigenvalue weighted by Crippen LogP contribution is -1.85. The second-order valence-corrected chi connectivity index (χ2v) is 5.48. The van der Waals surface area contributed by atoms with Gasteiger partial charge in [-0.2, -0.15) is 5.26 Å². The first-order chi connectivity index (χ1) is 8.69. The third-order valence-corrected chi connectivity index (χ3v) is 3.94. The van der Waals surface area contributed by atoms with Crippen LogP contribution in [0.5, 0.6) is 0 Å². The molecule has 18 heavy (non-hydrogen) atoms. The molecule has 0 amide bonds. The van der Waals surface area contributed by atoms with E-state index in [-0.39, 0.29) is 0 Å². The number of rotatable bonds is 3. The van der Waals surface area contributed by atoms with Crippen molar-refractivity contribution in [3.63, 3.8) is 0 Å². The highest BCUT2D eigenvalue weighted by atomic mass is 35.5. The van der Waals surface area contributed by atoms with Crippen molar-refractivity contribution in [2.45, 2.75) is 17.6 Å². The fraction of sp³-hybridized carbons (Fsp3) is 0.133. The molecule has 90 valence electrons. The molecule has 2 rings (SSSR count). The molecule has 0 bridgehead atoms. The number of nitrogens with zero attached hydrogens (tertiary/aromatic N) is 1. The highest BCUT2D eigenvalue weighted by Crippen LogP contribution is 2.27. The predicted molar refractivity (Wildman–Crippen MR) is 76.9 cm³/mol. The lowest BCUT2D eigenvalue weighted by molar-refractivity contribution is 1.30. The first-order valence-corrected chi connectivity index (χ1v) is 6.93. The van der Waals surface area contributed by atoms with Crippen molar-refractivity contribution in [1.82, 2.24) is 0 Å². The van der Waals surface area contributed by atoms with Gasteiger partial charge in [-0.15, -0.1) is 11.8 Å². The molecule has 0 radical (unpaired) electrons. The number of thioether (sulfide) groups is 1. The number of hydrogen-bond acceptors (Lipinski definition) is 2. The molecular weight excluding hydrogens is 262 g/mol. The van der Waals surface area contributed by atoms with Crippen LogP contribution in [0.1, 0.15) is 16.7 Å². The standard InChI is InChI=1S/C15H12ClNS/c1-11-2-5-13(9-17)15(8-11)18-10-12-3-6-14(16)7-4-12/h2-8H,10H2,1H3. The summed E-state index contributed by atoms with van der Waals surface area (Å²) in [5.74, 6) is 0.843. The Kier molecular flexibility index (Phi) is 4.30. The van der Waals surface area contributed by atoms with E-state index >= 15 is 0 Å². The number of nitriles is 1. The number of benzene rings is 2. The van der Waals surface area contributed by atoms with E-state index in [0.29, 0.717) is 0 Å². The van der Waals surface area contributed by atoms with Gasteiger partial charge in [0, 0.05) is 15.7 Å². The molecule has 0 aliphatic carbocycles. The van der Waals surface area contributed by atoms with Crippen LogP contribution in [0, 0.1) is 18.3 Å². The fourth-order valence-electron chi connectivity index (χ4n) is 1.58. The Bertz CT molecular complexity index is 584. The molecule has 0 N–H and O–H groups in total. The maximum absolute atomic E-state index is 9.06. The first kappa shape index (κ1) is 13.0. The van der Waals surface area contributed by atoms with Crippen LogP contribution < -0.4 is 0 Å². The summed E-state index contributed by atoms with van der Waals surface area (Å²) >= 11 is 7.53. The molecule has 0 aromatic heterocycles. The third-order valence-electron chi connectivity index (χ3n) is 2.57. The third kappa shape index (κ3) is 3.29. The molecule has 0 heterocycles. The summed E-state index contributed by atoms with van der Waals surface area (Å²) in [6, 6.07) is 15.9. The van der Waals surface area contributed by atoms with Gasteiger partial charge in [-0.05, 0) is 42.3 Å². The van der Waals surface area contributed by atoms with Crippen molar-refractivity contribution in [2.75, 3.05) is 0 Å². The smallest absolute Gasteiger partial charge is 0.100 e. The van der Waals surface area contributed by atoms with E-state index in [2.05, 4.69) is 12.1 Å². The second kappa shape index (κ2) is 5.95. The maximum Gasteiger partial charge on any atom is 0.100 e. The number of hydrogen-bond donors (Lipinski definition) is 0. The van der Waals surface area contributed by atoms with E-state index in [4.69, 9.17) is 16.9 Å². The van der Waals surface area contributed by atoms with Crippen LogP contribution in [0.2, 0.25) is 5.02 Å². The second-order valence-electron chi connectivity index (χ2n) is 4.03. The summed E-state index contributed by atoms with van der Waals surface area (Å²) < 4.78 is 0. The first-order valence-electron chi connectivity index (χ1n) is 5.57. The lowest BCUT2D eigenvalue weighted by atomic mass is 10.2. The lowest BCUT2D eigenvalue weighted by Gasteiger charge is -2.05. The van der Waals surface area contributed by atoms with E-state index in [1.807, 2.05) is 43.3 Å². The van der Waals surface area contributed by atoms with Gasteiger partial charge in [0.05, 0.1) is 5.56 Å². The molecule has 3 heteroatoms. The zero-order valence-electron chi connectivity index (χ0n) is 9.98. The highest BCUT2D eigenvalue weighted by Gasteiger charge is 2.03. The van der Waals surface area contributed by atoms with Crippen LogP contribution in [-0.2, 0) is 5.75 Å². The van der Waals surface area contributed by atoms with Crippen LogP contribution in [0.25, 0.3) is 0 Å².